The number of phenolic OH excluding ortho intramolecular Hbond substituents is 1. The van der Waals surface area contributed by atoms with Crippen molar-refractivity contribution >= 4 is 33.8 Å². The van der Waals surface area contributed by atoms with Gasteiger partial charge in [0.05, 0.1) is 12.3 Å². The van der Waals surface area contributed by atoms with E-state index in [9.17, 15) is 9.90 Å². The van der Waals surface area contributed by atoms with E-state index in [1.54, 1.807) is 18.3 Å². The molecule has 0 fully saturated rings. The first-order valence-corrected chi connectivity index (χ1v) is 10.00. The summed E-state index contributed by atoms with van der Waals surface area (Å²) < 4.78 is 0. The molecule has 0 aliphatic carbocycles. The number of rotatable bonds is 3. The molecule has 1 amide bonds. The number of phenols is 1. The van der Waals surface area contributed by atoms with Crippen LogP contribution in [0, 0.1) is 0 Å². The van der Waals surface area contributed by atoms with Gasteiger partial charge in [0.1, 0.15) is 5.75 Å². The van der Waals surface area contributed by atoms with Crippen molar-refractivity contribution in [1.29, 1.82) is 0 Å². The van der Waals surface area contributed by atoms with Crippen LogP contribution in [0.4, 0.5) is 0 Å². The molecule has 1 aliphatic heterocycles. The van der Waals surface area contributed by atoms with E-state index in [-0.39, 0.29) is 23.7 Å². The minimum absolute atomic E-state index is 0.0535. The highest BCUT2D eigenvalue weighted by atomic mass is 16.3. The number of para-hydroxylation sites is 1. The summed E-state index contributed by atoms with van der Waals surface area (Å²) in [5.74, 6) is 0.0866. The van der Waals surface area contributed by atoms with Crippen molar-refractivity contribution in [3.05, 3.63) is 77.5 Å². The smallest absolute Gasteiger partial charge is 0.257 e. The third-order valence-electron chi connectivity index (χ3n) is 5.69. The number of H-pyrrole nitrogens is 1. The van der Waals surface area contributed by atoms with E-state index >= 15 is 0 Å². The van der Waals surface area contributed by atoms with Crippen LogP contribution in [0.5, 0.6) is 5.75 Å². The quantitative estimate of drug-likeness (QED) is 0.313. The fourth-order valence-corrected chi connectivity index (χ4v) is 4.21. The fourth-order valence-electron chi connectivity index (χ4n) is 4.21. The van der Waals surface area contributed by atoms with E-state index in [4.69, 9.17) is 0 Å². The average molecular weight is 398 g/mol. The van der Waals surface area contributed by atoms with Crippen LogP contribution in [0.1, 0.15) is 29.8 Å². The molecule has 2 atom stereocenters. The molecule has 0 saturated heterocycles. The molecular formula is C24H22N4O2. The Bertz CT molecular complexity index is 1290. The van der Waals surface area contributed by atoms with Crippen LogP contribution in [0.25, 0.3) is 21.7 Å². The second-order valence-corrected chi connectivity index (χ2v) is 7.73. The number of nitrogens with zero attached hydrogens (tertiary/aromatic N) is 1. The average Bonchev–Trinajstić information content (AvgIpc) is 3.13. The SMILES string of the molecule is C[C@@H]1N[C@H](C(=O)N/N=C/c2ccc3cc(O)ccc3c2)Cc2c1[nH]c1ccccc21. The molecule has 150 valence electrons. The number of hydrogen-bond donors (Lipinski definition) is 4. The lowest BCUT2D eigenvalue weighted by Gasteiger charge is -2.27. The molecule has 1 aliphatic rings. The summed E-state index contributed by atoms with van der Waals surface area (Å²) in [6, 6.07) is 18.9. The highest BCUT2D eigenvalue weighted by Crippen LogP contribution is 2.31. The van der Waals surface area contributed by atoms with Crippen molar-refractivity contribution < 1.29 is 9.90 Å². The van der Waals surface area contributed by atoms with Gasteiger partial charge in [-0.05, 0) is 59.5 Å². The number of hydrazone groups is 1. The molecule has 5 rings (SSSR count). The molecular weight excluding hydrogens is 376 g/mol. The van der Waals surface area contributed by atoms with Gasteiger partial charge in [0, 0.05) is 22.6 Å². The van der Waals surface area contributed by atoms with Gasteiger partial charge in [-0.3, -0.25) is 10.1 Å². The Balaban J connectivity index is 1.30. The van der Waals surface area contributed by atoms with Crippen molar-refractivity contribution in [3.8, 4) is 5.75 Å². The first kappa shape index (κ1) is 18.4. The summed E-state index contributed by atoms with van der Waals surface area (Å²) in [6.45, 7) is 2.06. The van der Waals surface area contributed by atoms with Crippen LogP contribution in [0.3, 0.4) is 0 Å². The van der Waals surface area contributed by atoms with Gasteiger partial charge >= 0.3 is 0 Å². The summed E-state index contributed by atoms with van der Waals surface area (Å²) in [5, 5.41) is 20.2. The number of fused-ring (bicyclic) bond motifs is 4. The van der Waals surface area contributed by atoms with Crippen molar-refractivity contribution in [2.75, 3.05) is 0 Å². The maximum Gasteiger partial charge on any atom is 0.257 e. The lowest BCUT2D eigenvalue weighted by atomic mass is 9.94. The minimum Gasteiger partial charge on any atom is -0.508 e. The summed E-state index contributed by atoms with van der Waals surface area (Å²) in [6.07, 6.45) is 2.25. The van der Waals surface area contributed by atoms with E-state index in [0.717, 1.165) is 27.5 Å². The highest BCUT2D eigenvalue weighted by molar-refractivity contribution is 5.92. The van der Waals surface area contributed by atoms with Gasteiger partial charge in [-0.2, -0.15) is 5.10 Å². The Morgan fingerprint density at radius 1 is 1.13 bits per heavy atom. The molecule has 30 heavy (non-hydrogen) atoms. The molecule has 0 unspecified atom stereocenters. The van der Waals surface area contributed by atoms with E-state index in [1.165, 1.54) is 10.9 Å². The van der Waals surface area contributed by atoms with Gasteiger partial charge in [0.2, 0.25) is 0 Å². The van der Waals surface area contributed by atoms with Crippen molar-refractivity contribution in [3.63, 3.8) is 0 Å². The van der Waals surface area contributed by atoms with E-state index < -0.39 is 0 Å². The van der Waals surface area contributed by atoms with Crippen LogP contribution < -0.4 is 10.7 Å². The number of hydrogen-bond acceptors (Lipinski definition) is 4. The predicted molar refractivity (Wildman–Crippen MR) is 119 cm³/mol. The Morgan fingerprint density at radius 3 is 2.83 bits per heavy atom. The summed E-state index contributed by atoms with van der Waals surface area (Å²) in [4.78, 5) is 16.2. The molecule has 0 spiro atoms. The predicted octanol–water partition coefficient (Wildman–Crippen LogP) is 3.75. The fraction of sp³-hybridized carbons (Fsp3) is 0.167. The Labute approximate surface area is 173 Å². The normalized spacial score (nSPS) is 18.7. The van der Waals surface area contributed by atoms with Gasteiger partial charge in [-0.1, -0.05) is 36.4 Å². The second-order valence-electron chi connectivity index (χ2n) is 7.73. The number of aromatic hydroxyl groups is 1. The molecule has 0 radical (unpaired) electrons. The molecule has 0 saturated carbocycles. The monoisotopic (exact) mass is 398 g/mol. The number of aromatic amines is 1. The number of carbonyl (C=O) groups excluding carboxylic acids is 1. The zero-order valence-corrected chi connectivity index (χ0v) is 16.5. The Hall–Kier alpha value is -3.64. The summed E-state index contributed by atoms with van der Waals surface area (Å²) >= 11 is 0. The topological polar surface area (TPSA) is 89.5 Å². The third-order valence-corrected chi connectivity index (χ3v) is 5.69. The second kappa shape index (κ2) is 7.31. The van der Waals surface area contributed by atoms with Gasteiger partial charge < -0.3 is 10.1 Å². The maximum absolute atomic E-state index is 12.7. The molecule has 3 aromatic carbocycles. The van der Waals surface area contributed by atoms with E-state index in [2.05, 4.69) is 39.9 Å². The Kier molecular flexibility index (Phi) is 4.48. The van der Waals surface area contributed by atoms with Gasteiger partial charge in [-0.25, -0.2) is 5.43 Å². The maximum atomic E-state index is 12.7. The van der Waals surface area contributed by atoms with Gasteiger partial charge in [0.25, 0.3) is 5.91 Å². The number of nitrogens with one attached hydrogen (secondary N) is 3. The van der Waals surface area contributed by atoms with Crippen molar-refractivity contribution in [2.45, 2.75) is 25.4 Å². The molecule has 1 aromatic heterocycles. The van der Waals surface area contributed by atoms with Crippen LogP contribution in [-0.4, -0.2) is 28.3 Å². The number of aromatic nitrogens is 1. The molecule has 0 bridgehead atoms. The van der Waals surface area contributed by atoms with Crippen LogP contribution in [0.15, 0.2) is 65.8 Å². The van der Waals surface area contributed by atoms with E-state index in [1.807, 2.05) is 36.4 Å². The largest absolute Gasteiger partial charge is 0.508 e. The minimum atomic E-state index is -0.344. The summed E-state index contributed by atoms with van der Waals surface area (Å²) in [7, 11) is 0. The standard InChI is InChI=1S/C24H22N4O2/c1-14-23-20(19-4-2-3-5-21(19)27-23)12-22(26-14)24(30)28-25-13-15-6-7-17-11-18(29)9-8-16(17)10-15/h2-11,13-14,22,26-27,29H,12H2,1H3,(H,28,30)/b25-13+/t14-,22-/m0/s1. The van der Waals surface area contributed by atoms with Crippen LogP contribution in [0.2, 0.25) is 0 Å². The third kappa shape index (κ3) is 3.31. The number of amides is 1. The molecule has 6 nitrogen and oxygen atoms in total. The first-order chi connectivity index (χ1) is 14.6. The molecule has 2 heterocycles. The highest BCUT2D eigenvalue weighted by Gasteiger charge is 2.30. The van der Waals surface area contributed by atoms with Crippen molar-refractivity contribution in [2.24, 2.45) is 5.10 Å². The van der Waals surface area contributed by atoms with Crippen molar-refractivity contribution in [1.82, 2.24) is 15.7 Å². The first-order valence-electron chi connectivity index (χ1n) is 10.00. The molecule has 4 N–H and O–H groups in total. The van der Waals surface area contributed by atoms with E-state index in [0.29, 0.717) is 6.42 Å². The molecule has 6 heteroatoms. The van der Waals surface area contributed by atoms with Crippen LogP contribution >= 0.6 is 0 Å². The zero-order valence-electron chi connectivity index (χ0n) is 16.5. The zero-order chi connectivity index (χ0) is 20.7. The summed E-state index contributed by atoms with van der Waals surface area (Å²) in [5.41, 5.74) is 6.97. The van der Waals surface area contributed by atoms with Crippen LogP contribution in [-0.2, 0) is 11.2 Å². The lowest BCUT2D eigenvalue weighted by Crippen LogP contribution is -2.47. The van der Waals surface area contributed by atoms with Gasteiger partial charge in [0.15, 0.2) is 0 Å². The number of carbonyl (C=O) groups is 1. The van der Waals surface area contributed by atoms with Gasteiger partial charge in [-0.15, -0.1) is 0 Å². The Morgan fingerprint density at radius 2 is 1.93 bits per heavy atom. The lowest BCUT2D eigenvalue weighted by molar-refractivity contribution is -0.123. The number of benzene rings is 3. The molecule has 4 aromatic rings.